The van der Waals surface area contributed by atoms with Crippen molar-refractivity contribution in [2.24, 2.45) is 5.92 Å². The average Bonchev–Trinajstić information content (AvgIpc) is 2.86. The summed E-state index contributed by atoms with van der Waals surface area (Å²) in [5.41, 5.74) is 0. The summed E-state index contributed by atoms with van der Waals surface area (Å²) in [6.07, 6.45) is 10.3. The molecular weight excluding hydrogens is 170 g/mol. The van der Waals surface area contributed by atoms with Crippen LogP contribution < -0.4 is 5.32 Å². The molecule has 0 aromatic carbocycles. The van der Waals surface area contributed by atoms with Gasteiger partial charge >= 0.3 is 0 Å². The molecule has 0 spiro atoms. The average molecular weight is 190 g/mol. The number of rotatable bonds is 3. The third-order valence-electron chi connectivity index (χ3n) is 3.00. The first-order valence-corrected chi connectivity index (χ1v) is 5.18. The molecule has 2 aliphatic carbocycles. The molecule has 0 aliphatic heterocycles. The molecule has 0 aromatic rings. The highest BCUT2D eigenvalue weighted by Crippen LogP contribution is 2.25. The van der Waals surface area contributed by atoms with E-state index in [1.165, 1.54) is 51.5 Å². The van der Waals surface area contributed by atoms with E-state index < -0.39 is 0 Å². The normalized spacial score (nSPS) is 25.0. The largest absolute Gasteiger partial charge is 0.314 e. The molecule has 2 heteroatoms. The smallest absolute Gasteiger partial charge is 0.00683 e. The Balaban J connectivity index is 0.000000720. The minimum Gasteiger partial charge on any atom is -0.314 e. The Bertz CT molecular complexity index is 117. The van der Waals surface area contributed by atoms with Gasteiger partial charge in [-0.2, -0.15) is 0 Å². The first kappa shape index (κ1) is 10.3. The van der Waals surface area contributed by atoms with Crippen molar-refractivity contribution in [2.45, 2.75) is 51.0 Å². The lowest BCUT2D eigenvalue weighted by atomic mass is 9.89. The molecule has 0 atom stereocenters. The van der Waals surface area contributed by atoms with E-state index in [0.29, 0.717) is 0 Å². The maximum atomic E-state index is 3.63. The maximum Gasteiger partial charge on any atom is 0.00683 e. The first-order chi connectivity index (χ1) is 5.45. The second kappa shape index (κ2) is 5.08. The van der Waals surface area contributed by atoms with Crippen molar-refractivity contribution in [1.29, 1.82) is 0 Å². The van der Waals surface area contributed by atoms with Gasteiger partial charge in [0.25, 0.3) is 0 Å². The van der Waals surface area contributed by atoms with Crippen LogP contribution in [0.15, 0.2) is 0 Å². The van der Waals surface area contributed by atoms with Gasteiger partial charge in [-0.25, -0.2) is 0 Å². The molecule has 0 heterocycles. The number of hydrogen-bond acceptors (Lipinski definition) is 1. The van der Waals surface area contributed by atoms with Gasteiger partial charge in [0.15, 0.2) is 0 Å². The summed E-state index contributed by atoms with van der Waals surface area (Å²) in [5.74, 6) is 1.02. The van der Waals surface area contributed by atoms with Gasteiger partial charge < -0.3 is 5.32 Å². The fourth-order valence-corrected chi connectivity index (χ4v) is 2.01. The molecule has 0 amide bonds. The highest BCUT2D eigenvalue weighted by atomic mass is 35.5. The summed E-state index contributed by atoms with van der Waals surface area (Å²) in [6, 6.07) is 0.914. The Morgan fingerprint density at radius 1 is 0.917 bits per heavy atom. The van der Waals surface area contributed by atoms with Gasteiger partial charge in [0.1, 0.15) is 0 Å². The van der Waals surface area contributed by atoms with E-state index >= 15 is 0 Å². The van der Waals surface area contributed by atoms with Crippen LogP contribution in [0.4, 0.5) is 0 Å². The minimum absolute atomic E-state index is 0. The Morgan fingerprint density at radius 2 is 1.58 bits per heavy atom. The zero-order valence-corrected chi connectivity index (χ0v) is 8.54. The van der Waals surface area contributed by atoms with Crippen molar-refractivity contribution in [3.8, 4) is 0 Å². The lowest BCUT2D eigenvalue weighted by Crippen LogP contribution is -2.25. The van der Waals surface area contributed by atoms with Crippen molar-refractivity contribution < 1.29 is 0 Å². The van der Waals surface area contributed by atoms with E-state index in [4.69, 9.17) is 0 Å². The predicted molar refractivity (Wildman–Crippen MR) is 54.8 cm³/mol. The van der Waals surface area contributed by atoms with Crippen molar-refractivity contribution in [3.63, 3.8) is 0 Å². The molecule has 1 nitrogen and oxygen atoms in total. The lowest BCUT2D eigenvalue weighted by molar-refractivity contribution is 0.341. The van der Waals surface area contributed by atoms with Crippen LogP contribution in [0, 0.1) is 5.92 Å². The van der Waals surface area contributed by atoms with Crippen molar-refractivity contribution in [1.82, 2.24) is 5.32 Å². The molecule has 12 heavy (non-hydrogen) atoms. The Labute approximate surface area is 81.7 Å². The van der Waals surface area contributed by atoms with E-state index in [0.717, 1.165) is 12.0 Å². The molecule has 1 N–H and O–H groups in total. The zero-order chi connectivity index (χ0) is 7.52. The van der Waals surface area contributed by atoms with Crippen LogP contribution in [0.25, 0.3) is 0 Å². The monoisotopic (exact) mass is 189 g/mol. The molecule has 0 radical (unpaired) electrons. The van der Waals surface area contributed by atoms with Crippen LogP contribution >= 0.6 is 12.4 Å². The summed E-state index contributed by atoms with van der Waals surface area (Å²) in [7, 11) is 0. The molecular formula is C10H20ClN. The number of nitrogens with one attached hydrogen (secondary N) is 1. The van der Waals surface area contributed by atoms with Crippen LogP contribution in [0.5, 0.6) is 0 Å². The van der Waals surface area contributed by atoms with Crippen molar-refractivity contribution >= 4 is 12.4 Å². The van der Waals surface area contributed by atoms with Crippen molar-refractivity contribution in [3.05, 3.63) is 0 Å². The Kier molecular flexibility index (Phi) is 4.38. The summed E-state index contributed by atoms with van der Waals surface area (Å²) >= 11 is 0. The summed E-state index contributed by atoms with van der Waals surface area (Å²) in [5, 5.41) is 3.63. The summed E-state index contributed by atoms with van der Waals surface area (Å²) in [4.78, 5) is 0. The summed E-state index contributed by atoms with van der Waals surface area (Å²) in [6.45, 7) is 1.31. The lowest BCUT2D eigenvalue weighted by Gasteiger charge is -2.21. The van der Waals surface area contributed by atoms with E-state index in [-0.39, 0.29) is 12.4 Å². The quantitative estimate of drug-likeness (QED) is 0.720. The Morgan fingerprint density at radius 3 is 2.17 bits per heavy atom. The Hall–Kier alpha value is 0.250. The standard InChI is InChI=1S/C10H19N.ClH/c1-2-4-9(5-3-1)8-11-10-6-7-10;/h9-11H,1-8H2;1H. The number of hydrogen-bond donors (Lipinski definition) is 1. The molecule has 72 valence electrons. The van der Waals surface area contributed by atoms with Gasteiger partial charge in [-0.1, -0.05) is 19.3 Å². The first-order valence-electron chi connectivity index (χ1n) is 5.18. The van der Waals surface area contributed by atoms with Crippen LogP contribution in [0.3, 0.4) is 0 Å². The van der Waals surface area contributed by atoms with Gasteiger partial charge in [0.05, 0.1) is 0 Å². The third-order valence-corrected chi connectivity index (χ3v) is 3.00. The van der Waals surface area contributed by atoms with Gasteiger partial charge in [-0.05, 0) is 38.1 Å². The minimum atomic E-state index is 0. The van der Waals surface area contributed by atoms with Crippen LogP contribution in [-0.2, 0) is 0 Å². The highest BCUT2D eigenvalue weighted by Gasteiger charge is 2.22. The van der Waals surface area contributed by atoms with E-state index in [9.17, 15) is 0 Å². The fourth-order valence-electron chi connectivity index (χ4n) is 2.01. The SMILES string of the molecule is C1CCC(CNC2CC2)CC1.Cl. The van der Waals surface area contributed by atoms with Crippen LogP contribution in [-0.4, -0.2) is 12.6 Å². The van der Waals surface area contributed by atoms with Gasteiger partial charge in [0.2, 0.25) is 0 Å². The summed E-state index contributed by atoms with van der Waals surface area (Å²) < 4.78 is 0. The molecule has 0 bridgehead atoms. The highest BCUT2D eigenvalue weighted by molar-refractivity contribution is 5.85. The fraction of sp³-hybridized carbons (Fsp3) is 1.00. The molecule has 2 fully saturated rings. The van der Waals surface area contributed by atoms with Crippen molar-refractivity contribution in [2.75, 3.05) is 6.54 Å². The molecule has 2 aliphatic rings. The molecule has 0 saturated heterocycles. The topological polar surface area (TPSA) is 12.0 Å². The van der Waals surface area contributed by atoms with E-state index in [2.05, 4.69) is 5.32 Å². The maximum absolute atomic E-state index is 3.63. The molecule has 2 rings (SSSR count). The molecule has 0 unspecified atom stereocenters. The van der Waals surface area contributed by atoms with Crippen LogP contribution in [0.1, 0.15) is 44.9 Å². The van der Waals surface area contributed by atoms with Gasteiger partial charge in [0, 0.05) is 6.04 Å². The van der Waals surface area contributed by atoms with Gasteiger partial charge in [-0.15, -0.1) is 12.4 Å². The zero-order valence-electron chi connectivity index (χ0n) is 7.72. The second-order valence-corrected chi connectivity index (χ2v) is 4.19. The van der Waals surface area contributed by atoms with E-state index in [1.54, 1.807) is 0 Å². The van der Waals surface area contributed by atoms with Gasteiger partial charge in [-0.3, -0.25) is 0 Å². The van der Waals surface area contributed by atoms with E-state index in [1.807, 2.05) is 0 Å². The second-order valence-electron chi connectivity index (χ2n) is 4.19. The predicted octanol–water partition coefficient (Wildman–Crippen LogP) is 2.74. The van der Waals surface area contributed by atoms with Crippen LogP contribution in [0.2, 0.25) is 0 Å². The molecule has 0 aromatic heterocycles. The number of halogens is 1. The molecule has 2 saturated carbocycles. The third kappa shape index (κ3) is 3.32.